The minimum Gasteiger partial charge on any atom is -0.340 e. The lowest BCUT2D eigenvalue weighted by Crippen LogP contribution is -2.41. The van der Waals surface area contributed by atoms with Gasteiger partial charge in [-0.1, -0.05) is 5.16 Å². The summed E-state index contributed by atoms with van der Waals surface area (Å²) in [5.41, 5.74) is 0. The lowest BCUT2D eigenvalue weighted by molar-refractivity contribution is -0.131. The van der Waals surface area contributed by atoms with Gasteiger partial charge in [0, 0.05) is 39.0 Å². The Morgan fingerprint density at radius 1 is 1.58 bits per heavy atom. The van der Waals surface area contributed by atoms with Gasteiger partial charge in [-0.3, -0.25) is 9.69 Å². The Balaban J connectivity index is 2.03. The first kappa shape index (κ1) is 14.0. The molecule has 0 aliphatic carbocycles. The van der Waals surface area contributed by atoms with Gasteiger partial charge in [0.1, 0.15) is 0 Å². The van der Waals surface area contributed by atoms with Crippen LogP contribution in [0.15, 0.2) is 4.52 Å². The van der Waals surface area contributed by atoms with Gasteiger partial charge in [-0.05, 0) is 20.3 Å². The standard InChI is InChI=1S/C13H22N4O2/c1-9(2)16-6-5-12(7-16)17(11(4)18)8-13-14-10(3)19-15-13/h9,12H,5-8H2,1-4H3/t12-/m1/s1. The monoisotopic (exact) mass is 266 g/mol. The van der Waals surface area contributed by atoms with Crippen LogP contribution in [0.3, 0.4) is 0 Å². The smallest absolute Gasteiger partial charge is 0.223 e. The van der Waals surface area contributed by atoms with Crippen LogP contribution in [0.5, 0.6) is 0 Å². The Morgan fingerprint density at radius 2 is 2.32 bits per heavy atom. The number of likely N-dealkylation sites (tertiary alicyclic amines) is 1. The number of hydrogen-bond donors (Lipinski definition) is 0. The molecule has 1 fully saturated rings. The van der Waals surface area contributed by atoms with Crippen molar-refractivity contribution in [1.82, 2.24) is 19.9 Å². The zero-order chi connectivity index (χ0) is 14.0. The van der Waals surface area contributed by atoms with Crippen LogP contribution < -0.4 is 0 Å². The van der Waals surface area contributed by atoms with Gasteiger partial charge < -0.3 is 9.42 Å². The normalized spacial score (nSPS) is 20.2. The molecule has 0 aromatic carbocycles. The molecule has 1 aromatic rings. The third-order valence-corrected chi connectivity index (χ3v) is 3.65. The van der Waals surface area contributed by atoms with Crippen molar-refractivity contribution in [2.75, 3.05) is 13.1 Å². The van der Waals surface area contributed by atoms with Crippen molar-refractivity contribution >= 4 is 5.91 Å². The maximum Gasteiger partial charge on any atom is 0.223 e. The predicted octanol–water partition coefficient (Wildman–Crippen LogP) is 1.21. The van der Waals surface area contributed by atoms with E-state index in [0.29, 0.717) is 24.3 Å². The molecule has 0 N–H and O–H groups in total. The van der Waals surface area contributed by atoms with Crippen molar-refractivity contribution < 1.29 is 9.32 Å². The van der Waals surface area contributed by atoms with Gasteiger partial charge in [0.15, 0.2) is 5.82 Å². The first-order valence-corrected chi connectivity index (χ1v) is 6.78. The molecule has 2 heterocycles. The van der Waals surface area contributed by atoms with E-state index in [2.05, 4.69) is 28.9 Å². The van der Waals surface area contributed by atoms with E-state index >= 15 is 0 Å². The Labute approximate surface area is 113 Å². The molecule has 2 rings (SSSR count). The maximum absolute atomic E-state index is 11.8. The Morgan fingerprint density at radius 3 is 2.79 bits per heavy atom. The Hall–Kier alpha value is -1.43. The van der Waals surface area contributed by atoms with E-state index in [-0.39, 0.29) is 11.9 Å². The van der Waals surface area contributed by atoms with E-state index < -0.39 is 0 Å². The van der Waals surface area contributed by atoms with Gasteiger partial charge >= 0.3 is 0 Å². The van der Waals surface area contributed by atoms with Gasteiger partial charge in [0.25, 0.3) is 0 Å². The van der Waals surface area contributed by atoms with Crippen molar-refractivity contribution in [3.63, 3.8) is 0 Å². The van der Waals surface area contributed by atoms with E-state index in [1.165, 1.54) is 0 Å². The fraction of sp³-hybridized carbons (Fsp3) is 0.769. The lowest BCUT2D eigenvalue weighted by atomic mass is 10.2. The number of carbonyl (C=O) groups is 1. The molecule has 0 bridgehead atoms. The zero-order valence-electron chi connectivity index (χ0n) is 12.1. The molecule has 1 amide bonds. The SMILES string of the molecule is CC(=O)N(Cc1noc(C)n1)[C@@H]1CCN(C(C)C)C1. The third kappa shape index (κ3) is 3.32. The van der Waals surface area contributed by atoms with Crippen LogP contribution in [0, 0.1) is 6.92 Å². The molecule has 0 radical (unpaired) electrons. The molecule has 1 aromatic heterocycles. The van der Waals surface area contributed by atoms with Crippen molar-refractivity contribution in [3.8, 4) is 0 Å². The Kier molecular flexibility index (Phi) is 4.19. The minimum atomic E-state index is 0.0676. The topological polar surface area (TPSA) is 62.5 Å². The number of rotatable bonds is 4. The van der Waals surface area contributed by atoms with E-state index in [0.717, 1.165) is 19.5 Å². The number of amides is 1. The zero-order valence-corrected chi connectivity index (χ0v) is 12.1. The number of hydrogen-bond acceptors (Lipinski definition) is 5. The van der Waals surface area contributed by atoms with Crippen LogP contribution in [0.25, 0.3) is 0 Å². The second-order valence-electron chi connectivity index (χ2n) is 5.41. The average molecular weight is 266 g/mol. The van der Waals surface area contributed by atoms with Crippen molar-refractivity contribution in [2.45, 2.75) is 52.7 Å². The molecule has 6 nitrogen and oxygen atoms in total. The van der Waals surface area contributed by atoms with Gasteiger partial charge in [-0.15, -0.1) is 0 Å². The fourth-order valence-corrected chi connectivity index (χ4v) is 2.55. The average Bonchev–Trinajstić information content (AvgIpc) is 2.94. The summed E-state index contributed by atoms with van der Waals surface area (Å²) in [6.45, 7) is 10.1. The highest BCUT2D eigenvalue weighted by atomic mass is 16.5. The summed E-state index contributed by atoms with van der Waals surface area (Å²) in [6, 6.07) is 0.768. The Bertz CT molecular complexity index is 444. The first-order chi connectivity index (χ1) is 8.97. The first-order valence-electron chi connectivity index (χ1n) is 6.78. The van der Waals surface area contributed by atoms with E-state index in [1.54, 1.807) is 13.8 Å². The van der Waals surface area contributed by atoms with Crippen LogP contribution in [-0.2, 0) is 11.3 Å². The van der Waals surface area contributed by atoms with Crippen LogP contribution in [-0.4, -0.2) is 51.0 Å². The van der Waals surface area contributed by atoms with Crippen LogP contribution in [0.4, 0.5) is 0 Å². The molecule has 1 aliphatic heterocycles. The van der Waals surface area contributed by atoms with Gasteiger partial charge in [0.05, 0.1) is 6.54 Å². The maximum atomic E-state index is 11.8. The van der Waals surface area contributed by atoms with Gasteiger partial charge in [0.2, 0.25) is 11.8 Å². The second kappa shape index (κ2) is 5.69. The lowest BCUT2D eigenvalue weighted by Gasteiger charge is -2.27. The minimum absolute atomic E-state index is 0.0676. The summed E-state index contributed by atoms with van der Waals surface area (Å²) in [4.78, 5) is 20.3. The summed E-state index contributed by atoms with van der Waals surface area (Å²) < 4.78 is 4.96. The largest absolute Gasteiger partial charge is 0.340 e. The number of aromatic nitrogens is 2. The molecule has 0 unspecified atom stereocenters. The van der Waals surface area contributed by atoms with Crippen molar-refractivity contribution in [2.24, 2.45) is 0 Å². The molecule has 6 heteroatoms. The number of carbonyl (C=O) groups excluding carboxylic acids is 1. The summed E-state index contributed by atoms with van der Waals surface area (Å²) in [6.07, 6.45) is 1.01. The van der Waals surface area contributed by atoms with Crippen molar-refractivity contribution in [1.29, 1.82) is 0 Å². The summed E-state index contributed by atoms with van der Waals surface area (Å²) >= 11 is 0. The third-order valence-electron chi connectivity index (χ3n) is 3.65. The second-order valence-corrected chi connectivity index (χ2v) is 5.41. The summed E-state index contributed by atoms with van der Waals surface area (Å²) in [7, 11) is 0. The molecular weight excluding hydrogens is 244 g/mol. The van der Waals surface area contributed by atoms with Gasteiger partial charge in [-0.25, -0.2) is 0 Å². The van der Waals surface area contributed by atoms with Crippen LogP contribution >= 0.6 is 0 Å². The van der Waals surface area contributed by atoms with Crippen LogP contribution in [0.1, 0.15) is 38.9 Å². The fourth-order valence-electron chi connectivity index (χ4n) is 2.55. The van der Waals surface area contributed by atoms with E-state index in [9.17, 15) is 4.79 Å². The van der Waals surface area contributed by atoms with E-state index in [1.807, 2.05) is 4.90 Å². The summed E-state index contributed by atoms with van der Waals surface area (Å²) in [5.74, 6) is 1.18. The molecular formula is C13H22N4O2. The van der Waals surface area contributed by atoms with Crippen molar-refractivity contribution in [3.05, 3.63) is 11.7 Å². The molecule has 1 aliphatic rings. The molecule has 106 valence electrons. The van der Waals surface area contributed by atoms with E-state index in [4.69, 9.17) is 4.52 Å². The van der Waals surface area contributed by atoms with Gasteiger partial charge in [-0.2, -0.15) is 4.98 Å². The van der Waals surface area contributed by atoms with Crippen LogP contribution in [0.2, 0.25) is 0 Å². The number of nitrogens with zero attached hydrogens (tertiary/aromatic N) is 4. The summed E-state index contributed by atoms with van der Waals surface area (Å²) in [5, 5.41) is 3.87. The molecule has 0 saturated carbocycles. The molecule has 1 atom stereocenters. The highest BCUT2D eigenvalue weighted by Gasteiger charge is 2.31. The predicted molar refractivity (Wildman–Crippen MR) is 70.4 cm³/mol. The highest BCUT2D eigenvalue weighted by Crippen LogP contribution is 2.19. The number of aryl methyl sites for hydroxylation is 1. The molecule has 0 spiro atoms. The molecule has 19 heavy (non-hydrogen) atoms. The quantitative estimate of drug-likeness (QED) is 0.819. The highest BCUT2D eigenvalue weighted by molar-refractivity contribution is 5.73. The molecule has 1 saturated heterocycles.